The molecule has 2 N–H and O–H groups in total. The molecule has 1 aliphatic rings. The molecule has 1 heterocycles. The molecule has 1 unspecified atom stereocenters. The zero-order valence-corrected chi connectivity index (χ0v) is 10.6. The Morgan fingerprint density at radius 2 is 2.12 bits per heavy atom. The summed E-state index contributed by atoms with van der Waals surface area (Å²) in [5.74, 6) is 0.792. The summed E-state index contributed by atoms with van der Waals surface area (Å²) < 4.78 is 22.4. The van der Waals surface area contributed by atoms with Crippen LogP contribution in [0.15, 0.2) is 0 Å². The summed E-state index contributed by atoms with van der Waals surface area (Å²) in [7, 11) is -2.79. The number of rotatable bonds is 4. The second-order valence-corrected chi connectivity index (χ2v) is 6.84. The number of nitrogens with one attached hydrogen (secondary N) is 2. The molecule has 0 aromatic carbocycles. The van der Waals surface area contributed by atoms with E-state index < -0.39 is 9.84 Å². The van der Waals surface area contributed by atoms with Gasteiger partial charge in [0.1, 0.15) is 0 Å². The fourth-order valence-electron chi connectivity index (χ4n) is 1.80. The summed E-state index contributed by atoms with van der Waals surface area (Å²) in [6, 6.07) is -0.0669. The van der Waals surface area contributed by atoms with Crippen molar-refractivity contribution in [3.05, 3.63) is 0 Å². The van der Waals surface area contributed by atoms with Gasteiger partial charge in [-0.3, -0.25) is 0 Å². The molecule has 1 fully saturated rings. The summed E-state index contributed by atoms with van der Waals surface area (Å²) >= 11 is 0. The van der Waals surface area contributed by atoms with Gasteiger partial charge in [0.2, 0.25) is 0 Å². The molecule has 0 aromatic heterocycles. The van der Waals surface area contributed by atoms with Crippen LogP contribution in [0.3, 0.4) is 0 Å². The molecule has 5 nitrogen and oxygen atoms in total. The van der Waals surface area contributed by atoms with Gasteiger partial charge in [-0.15, -0.1) is 0 Å². The third kappa shape index (κ3) is 4.83. The molecule has 2 amide bonds. The van der Waals surface area contributed by atoms with E-state index >= 15 is 0 Å². The van der Waals surface area contributed by atoms with E-state index in [1.54, 1.807) is 0 Å². The molecule has 0 saturated carbocycles. The van der Waals surface area contributed by atoms with Crippen molar-refractivity contribution >= 4 is 15.9 Å². The van der Waals surface area contributed by atoms with Gasteiger partial charge in [-0.25, -0.2) is 13.2 Å². The molecule has 0 aliphatic carbocycles. The molecular formula is C10H20N2O3S. The lowest BCUT2D eigenvalue weighted by molar-refractivity contribution is 0.238. The second-order valence-electron chi connectivity index (χ2n) is 4.61. The second kappa shape index (κ2) is 5.52. The molecule has 0 bridgehead atoms. The molecular weight excluding hydrogens is 228 g/mol. The van der Waals surface area contributed by atoms with Crippen LogP contribution >= 0.6 is 0 Å². The highest BCUT2D eigenvalue weighted by Gasteiger charge is 2.27. The lowest BCUT2D eigenvalue weighted by atomic mass is 10.1. The molecule has 16 heavy (non-hydrogen) atoms. The Balaban J connectivity index is 2.15. The van der Waals surface area contributed by atoms with E-state index in [2.05, 4.69) is 10.6 Å². The van der Waals surface area contributed by atoms with E-state index in [1.807, 2.05) is 13.8 Å². The molecule has 94 valence electrons. The lowest BCUT2D eigenvalue weighted by Crippen LogP contribution is -2.40. The monoisotopic (exact) mass is 248 g/mol. The summed E-state index contributed by atoms with van der Waals surface area (Å²) in [5.41, 5.74) is 0. The van der Waals surface area contributed by atoms with Crippen LogP contribution in [0.25, 0.3) is 0 Å². The van der Waals surface area contributed by atoms with Crippen molar-refractivity contribution < 1.29 is 13.2 Å². The van der Waals surface area contributed by atoms with Gasteiger partial charge in [-0.2, -0.15) is 0 Å². The molecule has 0 spiro atoms. The predicted molar refractivity (Wildman–Crippen MR) is 63.0 cm³/mol. The Morgan fingerprint density at radius 1 is 1.44 bits per heavy atom. The first-order valence-corrected chi connectivity index (χ1v) is 7.46. The van der Waals surface area contributed by atoms with E-state index in [0.717, 1.165) is 12.8 Å². The predicted octanol–water partition coefficient (Wildman–Crippen LogP) is 0.519. The summed E-state index contributed by atoms with van der Waals surface area (Å²) in [4.78, 5) is 11.2. The van der Waals surface area contributed by atoms with Crippen LogP contribution in [0.2, 0.25) is 0 Å². The molecule has 1 saturated heterocycles. The van der Waals surface area contributed by atoms with Crippen molar-refractivity contribution in [2.45, 2.75) is 32.7 Å². The number of hydrogen-bond donors (Lipinski definition) is 2. The maximum absolute atomic E-state index is 11.2. The molecule has 0 radical (unpaired) electrons. The average molecular weight is 248 g/mol. The summed E-state index contributed by atoms with van der Waals surface area (Å²) in [6.07, 6.45) is 1.47. The molecule has 1 aliphatic heterocycles. The average Bonchev–Trinajstić information content (AvgIpc) is 2.44. The van der Waals surface area contributed by atoms with Crippen molar-refractivity contribution in [1.29, 1.82) is 0 Å². The number of urea groups is 1. The van der Waals surface area contributed by atoms with Gasteiger partial charge in [0, 0.05) is 12.6 Å². The van der Waals surface area contributed by atoms with Crippen molar-refractivity contribution in [3.63, 3.8) is 0 Å². The highest BCUT2D eigenvalue weighted by atomic mass is 32.2. The van der Waals surface area contributed by atoms with Crippen molar-refractivity contribution in [3.8, 4) is 0 Å². The Bertz CT molecular complexity index is 338. The minimum absolute atomic E-state index is 0.117. The largest absolute Gasteiger partial charge is 0.338 e. The Hall–Kier alpha value is -0.780. The quantitative estimate of drug-likeness (QED) is 0.761. The fourth-order valence-corrected chi connectivity index (χ4v) is 3.71. The Morgan fingerprint density at radius 3 is 2.62 bits per heavy atom. The number of hydrogen-bond acceptors (Lipinski definition) is 3. The van der Waals surface area contributed by atoms with Crippen LogP contribution in [0.5, 0.6) is 0 Å². The summed E-state index contributed by atoms with van der Waals surface area (Å²) in [5, 5.41) is 5.44. The number of sulfone groups is 1. The first kappa shape index (κ1) is 13.3. The van der Waals surface area contributed by atoms with Gasteiger partial charge in [0.25, 0.3) is 0 Å². The molecule has 1 rings (SSSR count). The van der Waals surface area contributed by atoms with Crippen LogP contribution in [-0.2, 0) is 9.84 Å². The van der Waals surface area contributed by atoms with Crippen LogP contribution in [0.4, 0.5) is 4.79 Å². The minimum atomic E-state index is -2.79. The SMILES string of the molecule is CC(C)NC(=O)NCCC1CCS(=O)(=O)C1. The van der Waals surface area contributed by atoms with Crippen LogP contribution in [-0.4, -0.2) is 38.5 Å². The first-order chi connectivity index (χ1) is 7.39. The van der Waals surface area contributed by atoms with E-state index in [4.69, 9.17) is 0 Å². The minimum Gasteiger partial charge on any atom is -0.338 e. The zero-order chi connectivity index (χ0) is 12.2. The van der Waals surface area contributed by atoms with Gasteiger partial charge < -0.3 is 10.6 Å². The van der Waals surface area contributed by atoms with Crippen molar-refractivity contribution in [2.75, 3.05) is 18.1 Å². The van der Waals surface area contributed by atoms with Crippen LogP contribution in [0.1, 0.15) is 26.7 Å². The normalized spacial score (nSPS) is 23.3. The highest BCUT2D eigenvalue weighted by Crippen LogP contribution is 2.20. The lowest BCUT2D eigenvalue weighted by Gasteiger charge is -2.11. The molecule has 0 aromatic rings. The van der Waals surface area contributed by atoms with E-state index in [-0.39, 0.29) is 23.7 Å². The van der Waals surface area contributed by atoms with Gasteiger partial charge in [-0.1, -0.05) is 0 Å². The van der Waals surface area contributed by atoms with Crippen LogP contribution < -0.4 is 10.6 Å². The Kier molecular flexibility index (Phi) is 4.58. The standard InChI is InChI=1S/C10H20N2O3S/c1-8(2)12-10(13)11-5-3-9-4-6-16(14,15)7-9/h8-9H,3-7H2,1-2H3,(H2,11,12,13). The van der Waals surface area contributed by atoms with Crippen molar-refractivity contribution in [1.82, 2.24) is 10.6 Å². The summed E-state index contributed by atoms with van der Waals surface area (Å²) in [6.45, 7) is 4.32. The van der Waals surface area contributed by atoms with Gasteiger partial charge >= 0.3 is 6.03 Å². The van der Waals surface area contributed by atoms with Crippen molar-refractivity contribution in [2.24, 2.45) is 5.92 Å². The smallest absolute Gasteiger partial charge is 0.314 e. The highest BCUT2D eigenvalue weighted by molar-refractivity contribution is 7.91. The topological polar surface area (TPSA) is 75.3 Å². The third-order valence-corrected chi connectivity index (χ3v) is 4.42. The maximum Gasteiger partial charge on any atom is 0.314 e. The van der Waals surface area contributed by atoms with E-state index in [0.29, 0.717) is 12.3 Å². The van der Waals surface area contributed by atoms with Gasteiger partial charge in [-0.05, 0) is 32.6 Å². The number of carbonyl (C=O) groups is 1. The molecule has 6 heteroatoms. The molecule has 1 atom stereocenters. The fraction of sp³-hybridized carbons (Fsp3) is 0.900. The first-order valence-electron chi connectivity index (χ1n) is 5.64. The van der Waals surface area contributed by atoms with E-state index in [1.165, 1.54) is 0 Å². The maximum atomic E-state index is 11.2. The van der Waals surface area contributed by atoms with E-state index in [9.17, 15) is 13.2 Å². The third-order valence-electron chi connectivity index (χ3n) is 2.58. The van der Waals surface area contributed by atoms with Gasteiger partial charge in [0.15, 0.2) is 9.84 Å². The Labute approximate surface area is 96.9 Å². The zero-order valence-electron chi connectivity index (χ0n) is 9.82. The number of carbonyl (C=O) groups excluding carboxylic acids is 1. The van der Waals surface area contributed by atoms with Gasteiger partial charge in [0.05, 0.1) is 11.5 Å². The number of amides is 2. The van der Waals surface area contributed by atoms with Crippen LogP contribution in [0, 0.1) is 5.92 Å².